The van der Waals surface area contributed by atoms with Crippen LogP contribution in [-0.2, 0) is 6.54 Å². The van der Waals surface area contributed by atoms with Gasteiger partial charge in [-0.1, -0.05) is 35.0 Å². The fourth-order valence-corrected chi connectivity index (χ4v) is 3.63. The number of hydrogen-bond acceptors (Lipinski definition) is 4. The molecule has 0 atom stereocenters. The molecule has 4 aromatic rings. The van der Waals surface area contributed by atoms with Crippen molar-refractivity contribution in [3.63, 3.8) is 0 Å². The molecule has 146 valence electrons. The van der Waals surface area contributed by atoms with Gasteiger partial charge in [-0.25, -0.2) is 0 Å². The lowest BCUT2D eigenvalue weighted by atomic mass is 10.0. The van der Waals surface area contributed by atoms with Crippen molar-refractivity contribution in [3.05, 3.63) is 87.1 Å². The topological polar surface area (TPSA) is 77.1 Å². The molecule has 2 aromatic carbocycles. The van der Waals surface area contributed by atoms with Crippen LogP contribution in [0.5, 0.6) is 0 Å². The molecule has 0 radical (unpaired) electrons. The van der Waals surface area contributed by atoms with Crippen LogP contribution in [0, 0.1) is 6.92 Å². The SMILES string of the molecule is CNC(=O)c1cccc(Cn2cc(Cl)c3cc(-c4conc4C)ccc3c2=O)c1. The Kier molecular flexibility index (Phi) is 4.94. The van der Waals surface area contributed by atoms with Gasteiger partial charge in [-0.05, 0) is 42.3 Å². The number of nitrogens with zero attached hydrogens (tertiary/aromatic N) is 2. The second kappa shape index (κ2) is 7.56. The molecule has 1 N–H and O–H groups in total. The Morgan fingerprint density at radius 3 is 2.76 bits per heavy atom. The van der Waals surface area contributed by atoms with Crippen LogP contribution in [0.1, 0.15) is 21.6 Å². The van der Waals surface area contributed by atoms with Gasteiger partial charge >= 0.3 is 0 Å². The van der Waals surface area contributed by atoms with E-state index in [0.29, 0.717) is 27.9 Å². The molecule has 0 spiro atoms. The van der Waals surface area contributed by atoms with Gasteiger partial charge in [-0.2, -0.15) is 0 Å². The minimum atomic E-state index is -0.174. The zero-order chi connectivity index (χ0) is 20.5. The molecular formula is C22H18ClN3O3. The smallest absolute Gasteiger partial charge is 0.258 e. The molecule has 2 heterocycles. The van der Waals surface area contributed by atoms with Crippen LogP contribution in [0.4, 0.5) is 0 Å². The molecule has 1 amide bonds. The molecule has 0 bridgehead atoms. The summed E-state index contributed by atoms with van der Waals surface area (Å²) in [6.07, 6.45) is 3.20. The van der Waals surface area contributed by atoms with E-state index in [1.165, 1.54) is 0 Å². The van der Waals surface area contributed by atoms with Crippen molar-refractivity contribution >= 4 is 28.3 Å². The minimum absolute atomic E-state index is 0.150. The average molecular weight is 408 g/mol. The second-order valence-corrected chi connectivity index (χ2v) is 7.17. The Morgan fingerprint density at radius 1 is 1.21 bits per heavy atom. The van der Waals surface area contributed by atoms with Gasteiger partial charge in [0.25, 0.3) is 11.5 Å². The van der Waals surface area contributed by atoms with E-state index in [1.54, 1.807) is 48.3 Å². The van der Waals surface area contributed by atoms with Gasteiger partial charge in [0.1, 0.15) is 6.26 Å². The van der Waals surface area contributed by atoms with Gasteiger partial charge in [0.15, 0.2) is 0 Å². The van der Waals surface area contributed by atoms with Crippen LogP contribution in [-0.4, -0.2) is 22.7 Å². The van der Waals surface area contributed by atoms with Crippen LogP contribution >= 0.6 is 11.6 Å². The van der Waals surface area contributed by atoms with Crippen molar-refractivity contribution in [3.8, 4) is 11.1 Å². The molecule has 0 saturated carbocycles. The van der Waals surface area contributed by atoms with E-state index in [0.717, 1.165) is 22.4 Å². The fraction of sp³-hybridized carbons (Fsp3) is 0.136. The first-order valence-electron chi connectivity index (χ1n) is 9.03. The van der Waals surface area contributed by atoms with Gasteiger partial charge in [-0.3, -0.25) is 9.59 Å². The molecule has 0 saturated heterocycles. The van der Waals surface area contributed by atoms with E-state index in [2.05, 4.69) is 10.5 Å². The second-order valence-electron chi connectivity index (χ2n) is 6.76. The summed E-state index contributed by atoms with van der Waals surface area (Å²) in [5, 5.41) is 8.16. The predicted octanol–water partition coefficient (Wildman–Crippen LogP) is 4.03. The number of nitrogens with one attached hydrogen (secondary N) is 1. The third-order valence-corrected chi connectivity index (χ3v) is 5.17. The summed E-state index contributed by atoms with van der Waals surface area (Å²) in [5.41, 5.74) is 3.74. The van der Waals surface area contributed by atoms with E-state index in [9.17, 15) is 9.59 Å². The first kappa shape index (κ1) is 19.0. The highest BCUT2D eigenvalue weighted by atomic mass is 35.5. The lowest BCUT2D eigenvalue weighted by molar-refractivity contribution is 0.0963. The Bertz CT molecular complexity index is 1290. The largest absolute Gasteiger partial charge is 0.364 e. The molecule has 0 aliphatic carbocycles. The van der Waals surface area contributed by atoms with E-state index in [-0.39, 0.29) is 11.5 Å². The normalized spacial score (nSPS) is 11.0. The van der Waals surface area contributed by atoms with Gasteiger partial charge < -0.3 is 14.4 Å². The third kappa shape index (κ3) is 3.54. The number of fused-ring (bicyclic) bond motifs is 1. The Morgan fingerprint density at radius 2 is 2.03 bits per heavy atom. The summed E-state index contributed by atoms with van der Waals surface area (Å²) < 4.78 is 6.56. The molecular weight excluding hydrogens is 390 g/mol. The molecule has 29 heavy (non-hydrogen) atoms. The third-order valence-electron chi connectivity index (χ3n) is 4.87. The number of halogens is 1. The molecule has 2 aromatic heterocycles. The quantitative estimate of drug-likeness (QED) is 0.554. The number of aryl methyl sites for hydroxylation is 1. The lowest BCUT2D eigenvalue weighted by Crippen LogP contribution is -2.21. The van der Waals surface area contributed by atoms with E-state index >= 15 is 0 Å². The Balaban J connectivity index is 1.76. The number of aromatic nitrogens is 2. The first-order valence-corrected chi connectivity index (χ1v) is 9.41. The van der Waals surface area contributed by atoms with Gasteiger partial charge in [0, 0.05) is 35.1 Å². The molecule has 7 heteroatoms. The minimum Gasteiger partial charge on any atom is -0.364 e. The van der Waals surface area contributed by atoms with Crippen LogP contribution < -0.4 is 10.9 Å². The summed E-state index contributed by atoms with van der Waals surface area (Å²) in [4.78, 5) is 24.9. The predicted molar refractivity (Wildman–Crippen MR) is 112 cm³/mol. The van der Waals surface area contributed by atoms with E-state index in [1.807, 2.05) is 25.1 Å². The summed E-state index contributed by atoms with van der Waals surface area (Å²) in [5.74, 6) is -0.174. The summed E-state index contributed by atoms with van der Waals surface area (Å²) in [7, 11) is 1.58. The average Bonchev–Trinajstić information content (AvgIpc) is 3.17. The van der Waals surface area contributed by atoms with Crippen LogP contribution in [0.15, 0.2) is 64.2 Å². The highest BCUT2D eigenvalue weighted by molar-refractivity contribution is 6.35. The summed E-state index contributed by atoms with van der Waals surface area (Å²) in [6.45, 7) is 2.17. The molecule has 0 fully saturated rings. The van der Waals surface area contributed by atoms with Crippen molar-refractivity contribution < 1.29 is 9.32 Å². The summed E-state index contributed by atoms with van der Waals surface area (Å²) in [6, 6.07) is 12.7. The van der Waals surface area contributed by atoms with E-state index in [4.69, 9.17) is 16.1 Å². The van der Waals surface area contributed by atoms with Gasteiger partial charge in [-0.15, -0.1) is 0 Å². The number of carbonyl (C=O) groups excluding carboxylic acids is 1. The molecule has 6 nitrogen and oxygen atoms in total. The zero-order valence-corrected chi connectivity index (χ0v) is 16.7. The van der Waals surface area contributed by atoms with Crippen molar-refractivity contribution in [2.75, 3.05) is 7.05 Å². The Hall–Kier alpha value is -3.38. The van der Waals surface area contributed by atoms with Gasteiger partial charge in [0.2, 0.25) is 0 Å². The molecule has 0 unspecified atom stereocenters. The van der Waals surface area contributed by atoms with Crippen molar-refractivity contribution in [2.24, 2.45) is 0 Å². The highest BCUT2D eigenvalue weighted by Gasteiger charge is 2.12. The maximum atomic E-state index is 13.0. The highest BCUT2D eigenvalue weighted by Crippen LogP contribution is 2.29. The van der Waals surface area contributed by atoms with Crippen LogP contribution in [0.3, 0.4) is 0 Å². The van der Waals surface area contributed by atoms with Crippen LogP contribution in [0.25, 0.3) is 21.9 Å². The number of amides is 1. The van der Waals surface area contributed by atoms with E-state index < -0.39 is 0 Å². The van der Waals surface area contributed by atoms with Crippen molar-refractivity contribution in [2.45, 2.75) is 13.5 Å². The number of carbonyl (C=O) groups is 1. The first-order chi connectivity index (χ1) is 14.0. The maximum absolute atomic E-state index is 13.0. The maximum Gasteiger partial charge on any atom is 0.258 e. The lowest BCUT2D eigenvalue weighted by Gasteiger charge is -2.11. The standard InChI is InChI=1S/C22H18ClN3O3/c1-13-19(12-29-25-13)15-6-7-17-18(9-15)20(23)11-26(22(17)28)10-14-4-3-5-16(8-14)21(27)24-2/h3-9,11-12H,10H2,1-2H3,(H,24,27). The molecule has 0 aliphatic rings. The summed E-state index contributed by atoms with van der Waals surface area (Å²) >= 11 is 6.51. The zero-order valence-electron chi connectivity index (χ0n) is 15.9. The van der Waals surface area contributed by atoms with Crippen molar-refractivity contribution in [1.29, 1.82) is 0 Å². The Labute approximate surface area is 171 Å². The fourth-order valence-electron chi connectivity index (χ4n) is 3.35. The molecule has 0 aliphatic heterocycles. The number of pyridine rings is 1. The monoisotopic (exact) mass is 407 g/mol. The number of rotatable bonds is 4. The number of hydrogen-bond donors (Lipinski definition) is 1. The van der Waals surface area contributed by atoms with Crippen molar-refractivity contribution in [1.82, 2.24) is 15.0 Å². The van der Waals surface area contributed by atoms with Gasteiger partial charge in [0.05, 0.1) is 17.3 Å². The van der Waals surface area contributed by atoms with Crippen LogP contribution in [0.2, 0.25) is 5.02 Å². The molecule has 4 rings (SSSR count). The number of benzene rings is 2.